The summed E-state index contributed by atoms with van der Waals surface area (Å²) in [5.74, 6) is 0.570. The Morgan fingerprint density at radius 1 is 1.14 bits per heavy atom. The molecule has 2 rings (SSSR count). The maximum absolute atomic E-state index is 11.7. The van der Waals surface area contributed by atoms with Crippen molar-refractivity contribution < 1.29 is 14.3 Å². The second kappa shape index (κ2) is 6.58. The standard InChI is InChI=1S/C17H15NO3/c1-12-3-8-16(13(2)9-12)20-11-17(19)21-15-6-4-14(10-18)5-7-15/h3-9H,11H2,1-2H3. The summed E-state index contributed by atoms with van der Waals surface area (Å²) in [6.45, 7) is 3.76. The van der Waals surface area contributed by atoms with Gasteiger partial charge in [0.25, 0.3) is 0 Å². The number of nitrogens with zero attached hydrogens (tertiary/aromatic N) is 1. The van der Waals surface area contributed by atoms with Crippen LogP contribution >= 0.6 is 0 Å². The molecule has 2 aromatic rings. The highest BCUT2D eigenvalue weighted by Gasteiger charge is 2.07. The van der Waals surface area contributed by atoms with Gasteiger partial charge in [-0.1, -0.05) is 17.7 Å². The zero-order valence-electron chi connectivity index (χ0n) is 11.9. The van der Waals surface area contributed by atoms with Gasteiger partial charge in [-0.25, -0.2) is 4.79 Å². The molecule has 0 amide bonds. The van der Waals surface area contributed by atoms with Crippen molar-refractivity contribution in [2.24, 2.45) is 0 Å². The zero-order chi connectivity index (χ0) is 15.2. The Labute approximate surface area is 123 Å². The van der Waals surface area contributed by atoms with Gasteiger partial charge in [0.1, 0.15) is 11.5 Å². The lowest BCUT2D eigenvalue weighted by Crippen LogP contribution is -2.18. The molecule has 0 aromatic heterocycles. The van der Waals surface area contributed by atoms with E-state index < -0.39 is 5.97 Å². The first kappa shape index (κ1) is 14.6. The molecular weight excluding hydrogens is 266 g/mol. The van der Waals surface area contributed by atoms with E-state index in [9.17, 15) is 4.79 Å². The van der Waals surface area contributed by atoms with Crippen LogP contribution in [0.5, 0.6) is 11.5 Å². The summed E-state index contributed by atoms with van der Waals surface area (Å²) in [6.07, 6.45) is 0. The lowest BCUT2D eigenvalue weighted by Gasteiger charge is -2.09. The molecule has 0 saturated carbocycles. The summed E-state index contributed by atoms with van der Waals surface area (Å²) in [6, 6.07) is 14.1. The molecule has 0 N–H and O–H groups in total. The molecule has 0 saturated heterocycles. The van der Waals surface area contributed by atoms with E-state index in [2.05, 4.69) is 0 Å². The summed E-state index contributed by atoms with van der Waals surface area (Å²) in [5, 5.41) is 8.69. The number of hydrogen-bond donors (Lipinski definition) is 0. The summed E-state index contributed by atoms with van der Waals surface area (Å²) >= 11 is 0. The number of benzene rings is 2. The first-order valence-corrected chi connectivity index (χ1v) is 6.49. The number of hydrogen-bond acceptors (Lipinski definition) is 4. The second-order valence-corrected chi connectivity index (χ2v) is 4.67. The number of carbonyl (C=O) groups is 1. The van der Waals surface area contributed by atoms with Crippen LogP contribution < -0.4 is 9.47 Å². The average molecular weight is 281 g/mol. The number of rotatable bonds is 4. The molecule has 0 radical (unpaired) electrons. The molecule has 0 unspecified atom stereocenters. The Morgan fingerprint density at radius 2 is 1.86 bits per heavy atom. The van der Waals surface area contributed by atoms with Crippen molar-refractivity contribution in [1.82, 2.24) is 0 Å². The van der Waals surface area contributed by atoms with Gasteiger partial charge in [0, 0.05) is 0 Å². The largest absolute Gasteiger partial charge is 0.482 e. The Bertz CT molecular complexity index is 684. The van der Waals surface area contributed by atoms with Crippen molar-refractivity contribution in [3.05, 3.63) is 59.2 Å². The van der Waals surface area contributed by atoms with Crippen LogP contribution in [-0.4, -0.2) is 12.6 Å². The fourth-order valence-corrected chi connectivity index (χ4v) is 1.86. The minimum absolute atomic E-state index is 0.163. The van der Waals surface area contributed by atoms with Gasteiger partial charge in [-0.2, -0.15) is 5.26 Å². The molecule has 0 bridgehead atoms. The third-order valence-corrected chi connectivity index (χ3v) is 2.89. The Balaban J connectivity index is 1.91. The molecular formula is C17H15NO3. The van der Waals surface area contributed by atoms with Crippen LogP contribution in [0.25, 0.3) is 0 Å². The molecule has 0 atom stereocenters. The number of aryl methyl sites for hydroxylation is 2. The van der Waals surface area contributed by atoms with Crippen LogP contribution in [0.3, 0.4) is 0 Å². The normalized spacial score (nSPS) is 9.76. The van der Waals surface area contributed by atoms with Gasteiger partial charge in [0.05, 0.1) is 11.6 Å². The highest BCUT2D eigenvalue weighted by Crippen LogP contribution is 2.19. The molecule has 0 aliphatic rings. The summed E-state index contributed by atoms with van der Waals surface area (Å²) < 4.78 is 10.6. The van der Waals surface area contributed by atoms with Gasteiger partial charge in [0.15, 0.2) is 6.61 Å². The van der Waals surface area contributed by atoms with E-state index in [4.69, 9.17) is 14.7 Å². The Morgan fingerprint density at radius 3 is 2.48 bits per heavy atom. The molecule has 4 nitrogen and oxygen atoms in total. The maximum atomic E-state index is 11.7. The van der Waals surface area contributed by atoms with Crippen LogP contribution in [0.4, 0.5) is 0 Å². The molecule has 4 heteroatoms. The molecule has 21 heavy (non-hydrogen) atoms. The van der Waals surface area contributed by atoms with E-state index in [1.807, 2.05) is 38.1 Å². The first-order valence-electron chi connectivity index (χ1n) is 6.49. The van der Waals surface area contributed by atoms with Crippen LogP contribution in [0.15, 0.2) is 42.5 Å². The van der Waals surface area contributed by atoms with E-state index in [0.29, 0.717) is 17.1 Å². The Kier molecular flexibility index (Phi) is 4.57. The fourth-order valence-electron chi connectivity index (χ4n) is 1.86. The highest BCUT2D eigenvalue weighted by molar-refractivity contribution is 5.74. The van der Waals surface area contributed by atoms with Crippen molar-refractivity contribution in [3.63, 3.8) is 0 Å². The summed E-state index contributed by atoms with van der Waals surface area (Å²) in [5.41, 5.74) is 2.63. The van der Waals surface area contributed by atoms with Crippen molar-refractivity contribution in [3.8, 4) is 17.6 Å². The number of carbonyl (C=O) groups excluding carboxylic acids is 1. The van der Waals surface area contributed by atoms with Crippen molar-refractivity contribution in [2.75, 3.05) is 6.61 Å². The molecule has 0 heterocycles. The van der Waals surface area contributed by atoms with E-state index >= 15 is 0 Å². The maximum Gasteiger partial charge on any atom is 0.349 e. The third-order valence-electron chi connectivity index (χ3n) is 2.89. The first-order chi connectivity index (χ1) is 10.1. The number of nitriles is 1. The smallest absolute Gasteiger partial charge is 0.349 e. The minimum Gasteiger partial charge on any atom is -0.482 e. The van der Waals surface area contributed by atoms with Crippen molar-refractivity contribution in [2.45, 2.75) is 13.8 Å². The van der Waals surface area contributed by atoms with Crippen LogP contribution in [0, 0.1) is 25.2 Å². The van der Waals surface area contributed by atoms with Gasteiger partial charge in [-0.3, -0.25) is 0 Å². The zero-order valence-corrected chi connectivity index (χ0v) is 11.9. The number of esters is 1. The molecule has 106 valence electrons. The third kappa shape index (κ3) is 4.08. The minimum atomic E-state index is -0.486. The predicted octanol–water partition coefficient (Wildman–Crippen LogP) is 3.16. The molecule has 0 aliphatic carbocycles. The van der Waals surface area contributed by atoms with Gasteiger partial charge < -0.3 is 9.47 Å². The van der Waals surface area contributed by atoms with Crippen LogP contribution in [-0.2, 0) is 4.79 Å². The van der Waals surface area contributed by atoms with Crippen molar-refractivity contribution in [1.29, 1.82) is 5.26 Å². The van der Waals surface area contributed by atoms with Gasteiger partial charge in [0.2, 0.25) is 0 Å². The topological polar surface area (TPSA) is 59.3 Å². The average Bonchev–Trinajstić information content (AvgIpc) is 2.47. The number of ether oxygens (including phenoxy) is 2. The van der Waals surface area contributed by atoms with E-state index in [1.165, 1.54) is 0 Å². The monoisotopic (exact) mass is 281 g/mol. The van der Waals surface area contributed by atoms with E-state index in [1.54, 1.807) is 24.3 Å². The SMILES string of the molecule is Cc1ccc(OCC(=O)Oc2ccc(C#N)cc2)c(C)c1. The Hall–Kier alpha value is -2.80. The molecule has 2 aromatic carbocycles. The van der Waals surface area contributed by atoms with Crippen LogP contribution in [0.2, 0.25) is 0 Å². The summed E-state index contributed by atoms with van der Waals surface area (Å²) in [7, 11) is 0. The molecule has 0 spiro atoms. The molecule has 0 fully saturated rings. The summed E-state index contributed by atoms with van der Waals surface area (Å²) in [4.78, 5) is 11.7. The highest BCUT2D eigenvalue weighted by atomic mass is 16.6. The predicted molar refractivity (Wildman–Crippen MR) is 78.2 cm³/mol. The van der Waals surface area contributed by atoms with E-state index in [-0.39, 0.29) is 6.61 Å². The lowest BCUT2D eigenvalue weighted by atomic mass is 10.1. The quantitative estimate of drug-likeness (QED) is 0.638. The van der Waals surface area contributed by atoms with Crippen LogP contribution in [0.1, 0.15) is 16.7 Å². The lowest BCUT2D eigenvalue weighted by molar-refractivity contribution is -0.136. The van der Waals surface area contributed by atoms with Gasteiger partial charge in [-0.05, 0) is 49.7 Å². The van der Waals surface area contributed by atoms with Gasteiger partial charge in [-0.15, -0.1) is 0 Å². The van der Waals surface area contributed by atoms with E-state index in [0.717, 1.165) is 11.1 Å². The molecule has 0 aliphatic heterocycles. The van der Waals surface area contributed by atoms with Gasteiger partial charge >= 0.3 is 5.97 Å². The van der Waals surface area contributed by atoms with Crippen molar-refractivity contribution >= 4 is 5.97 Å². The fraction of sp³-hybridized carbons (Fsp3) is 0.176. The second-order valence-electron chi connectivity index (χ2n) is 4.67.